The van der Waals surface area contributed by atoms with Crippen molar-refractivity contribution in [3.8, 4) is 0 Å². The lowest BCUT2D eigenvalue weighted by Crippen LogP contribution is -2.67. The lowest BCUT2D eigenvalue weighted by Gasteiger charge is -2.54. The molecule has 0 aromatic carbocycles. The van der Waals surface area contributed by atoms with Gasteiger partial charge in [-0.1, -0.05) is 13.8 Å². The van der Waals surface area contributed by atoms with Gasteiger partial charge in [-0.25, -0.2) is 4.79 Å². The Kier molecular flexibility index (Phi) is 3.02. The maximum atomic E-state index is 12.0. The van der Waals surface area contributed by atoms with Crippen LogP contribution in [0.1, 0.15) is 33.1 Å². The smallest absolute Gasteiger partial charge is 0.315 e. The molecule has 1 saturated heterocycles. The van der Waals surface area contributed by atoms with Gasteiger partial charge in [0.25, 0.3) is 0 Å². The second-order valence-corrected chi connectivity index (χ2v) is 7.03. The summed E-state index contributed by atoms with van der Waals surface area (Å²) in [6, 6.07) is 0.0902. The van der Waals surface area contributed by atoms with Crippen molar-refractivity contribution in [3.05, 3.63) is 0 Å². The van der Waals surface area contributed by atoms with E-state index in [2.05, 4.69) is 24.5 Å². The van der Waals surface area contributed by atoms with E-state index in [4.69, 9.17) is 4.74 Å². The van der Waals surface area contributed by atoms with Crippen LogP contribution in [0.15, 0.2) is 0 Å². The highest BCUT2D eigenvalue weighted by Crippen LogP contribution is 2.52. The van der Waals surface area contributed by atoms with Gasteiger partial charge in [-0.05, 0) is 19.3 Å². The summed E-state index contributed by atoms with van der Waals surface area (Å²) in [5.74, 6) is 0.466. The molecule has 108 valence electrons. The third-order valence-corrected chi connectivity index (χ3v) is 5.30. The third-order valence-electron chi connectivity index (χ3n) is 5.30. The largest absolute Gasteiger partial charge is 0.396 e. The summed E-state index contributed by atoms with van der Waals surface area (Å²) < 4.78 is 5.72. The zero-order valence-electron chi connectivity index (χ0n) is 11.7. The quantitative estimate of drug-likeness (QED) is 0.708. The second-order valence-electron chi connectivity index (χ2n) is 7.03. The van der Waals surface area contributed by atoms with Crippen molar-refractivity contribution in [1.29, 1.82) is 0 Å². The molecule has 3 N–H and O–H groups in total. The van der Waals surface area contributed by atoms with Crippen LogP contribution in [0.5, 0.6) is 0 Å². The average Bonchev–Trinajstić information content (AvgIpc) is 3.03. The van der Waals surface area contributed by atoms with E-state index < -0.39 is 0 Å². The zero-order chi connectivity index (χ0) is 13.7. The average molecular weight is 268 g/mol. The molecule has 2 saturated carbocycles. The lowest BCUT2D eigenvalue weighted by molar-refractivity contribution is -0.108. The van der Waals surface area contributed by atoms with Gasteiger partial charge >= 0.3 is 6.03 Å². The monoisotopic (exact) mass is 268 g/mol. The van der Waals surface area contributed by atoms with Crippen molar-refractivity contribution >= 4 is 6.03 Å². The first kappa shape index (κ1) is 13.2. The third kappa shape index (κ3) is 2.13. The van der Waals surface area contributed by atoms with Gasteiger partial charge in [0, 0.05) is 35.9 Å². The van der Waals surface area contributed by atoms with Crippen LogP contribution >= 0.6 is 0 Å². The summed E-state index contributed by atoms with van der Waals surface area (Å²) in [7, 11) is 0. The van der Waals surface area contributed by atoms with Gasteiger partial charge in [0.15, 0.2) is 0 Å². The van der Waals surface area contributed by atoms with Crippen LogP contribution in [0.2, 0.25) is 0 Å². The fourth-order valence-electron chi connectivity index (χ4n) is 3.64. The Morgan fingerprint density at radius 1 is 1.42 bits per heavy atom. The molecule has 0 radical (unpaired) electrons. The number of rotatable bonds is 4. The minimum Gasteiger partial charge on any atom is -0.396 e. The van der Waals surface area contributed by atoms with Crippen LogP contribution in [0.3, 0.4) is 0 Å². The molecule has 3 aliphatic rings. The minimum absolute atomic E-state index is 0.0206. The Morgan fingerprint density at radius 2 is 2.16 bits per heavy atom. The molecule has 3 fully saturated rings. The van der Waals surface area contributed by atoms with E-state index in [0.717, 1.165) is 25.9 Å². The van der Waals surface area contributed by atoms with Crippen molar-refractivity contribution in [2.45, 2.75) is 45.3 Å². The van der Waals surface area contributed by atoms with Gasteiger partial charge in [-0.15, -0.1) is 0 Å². The summed E-state index contributed by atoms with van der Waals surface area (Å²) in [6.45, 7) is 5.86. The van der Waals surface area contributed by atoms with Crippen LogP contribution < -0.4 is 10.6 Å². The number of carbonyl (C=O) groups excluding carboxylic acids is 1. The predicted octanol–water partition coefficient (Wildman–Crippen LogP) is 0.872. The molecular weight excluding hydrogens is 244 g/mol. The van der Waals surface area contributed by atoms with E-state index in [-0.39, 0.29) is 29.5 Å². The molecule has 0 aromatic rings. The molecule has 3 atom stereocenters. The summed E-state index contributed by atoms with van der Waals surface area (Å²) in [5, 5.41) is 15.2. The Labute approximate surface area is 114 Å². The summed E-state index contributed by atoms with van der Waals surface area (Å²) in [5.41, 5.74) is -0.0156. The molecule has 0 aromatic heterocycles. The summed E-state index contributed by atoms with van der Waals surface area (Å²) >= 11 is 0. The highest BCUT2D eigenvalue weighted by molar-refractivity contribution is 5.74. The van der Waals surface area contributed by atoms with Gasteiger partial charge in [-0.2, -0.15) is 0 Å². The number of hydrogen-bond donors (Lipinski definition) is 3. The van der Waals surface area contributed by atoms with E-state index in [1.165, 1.54) is 0 Å². The van der Waals surface area contributed by atoms with Crippen molar-refractivity contribution < 1.29 is 14.6 Å². The van der Waals surface area contributed by atoms with Crippen LogP contribution in [0.4, 0.5) is 4.79 Å². The zero-order valence-corrected chi connectivity index (χ0v) is 11.7. The number of amides is 2. The van der Waals surface area contributed by atoms with Crippen molar-refractivity contribution in [3.63, 3.8) is 0 Å². The standard InChI is InChI=1S/C14H24N2O3/c1-13(2)10(9-3-6-19-11(9)13)16-12(18)15-7-14(8-17)4-5-14/h9-11,17H,3-8H2,1-2H3,(H2,15,16,18)/t9-,10-,11+/m1/s1. The number of fused-ring (bicyclic) bond motifs is 1. The Morgan fingerprint density at radius 3 is 2.79 bits per heavy atom. The fraction of sp³-hybridized carbons (Fsp3) is 0.929. The number of urea groups is 1. The van der Waals surface area contributed by atoms with E-state index in [1.807, 2.05) is 0 Å². The maximum absolute atomic E-state index is 12.0. The molecule has 19 heavy (non-hydrogen) atoms. The van der Waals surface area contributed by atoms with Crippen LogP contribution in [0, 0.1) is 16.7 Å². The van der Waals surface area contributed by atoms with E-state index in [1.54, 1.807) is 0 Å². The van der Waals surface area contributed by atoms with E-state index >= 15 is 0 Å². The molecule has 3 rings (SSSR count). The number of aliphatic hydroxyl groups is 1. The summed E-state index contributed by atoms with van der Waals surface area (Å²) in [4.78, 5) is 12.0. The Hall–Kier alpha value is -0.810. The number of hydrogen-bond acceptors (Lipinski definition) is 3. The molecular formula is C14H24N2O3. The molecule has 0 unspecified atom stereocenters. The first-order valence-electron chi connectivity index (χ1n) is 7.25. The molecule has 5 nitrogen and oxygen atoms in total. The number of carbonyl (C=O) groups is 1. The predicted molar refractivity (Wildman–Crippen MR) is 70.7 cm³/mol. The molecule has 2 aliphatic carbocycles. The SMILES string of the molecule is CC1(C)[C@H](NC(=O)NCC2(CO)CC2)[C@H]2CCO[C@@H]21. The van der Waals surface area contributed by atoms with Gasteiger partial charge in [0.05, 0.1) is 12.7 Å². The van der Waals surface area contributed by atoms with Gasteiger partial charge < -0.3 is 20.5 Å². The number of ether oxygens (including phenoxy) is 1. The van der Waals surface area contributed by atoms with Crippen LogP contribution in [-0.4, -0.2) is 43.0 Å². The first-order valence-corrected chi connectivity index (χ1v) is 7.25. The Bertz CT molecular complexity index is 379. The normalized spacial score (nSPS) is 37.1. The molecule has 5 heteroatoms. The van der Waals surface area contributed by atoms with Gasteiger partial charge in [-0.3, -0.25) is 0 Å². The van der Waals surface area contributed by atoms with Crippen LogP contribution in [-0.2, 0) is 4.74 Å². The van der Waals surface area contributed by atoms with Gasteiger partial charge in [0.2, 0.25) is 0 Å². The topological polar surface area (TPSA) is 70.6 Å². The number of nitrogens with one attached hydrogen (secondary N) is 2. The molecule has 0 spiro atoms. The summed E-state index contributed by atoms with van der Waals surface area (Å²) in [6.07, 6.45) is 3.36. The maximum Gasteiger partial charge on any atom is 0.315 e. The van der Waals surface area contributed by atoms with Crippen molar-refractivity contribution in [1.82, 2.24) is 10.6 Å². The van der Waals surface area contributed by atoms with Gasteiger partial charge in [0.1, 0.15) is 0 Å². The minimum atomic E-state index is -0.108. The highest BCUT2D eigenvalue weighted by atomic mass is 16.5. The van der Waals surface area contributed by atoms with Crippen molar-refractivity contribution in [2.24, 2.45) is 16.7 Å². The van der Waals surface area contributed by atoms with E-state index in [9.17, 15) is 9.90 Å². The fourth-order valence-corrected chi connectivity index (χ4v) is 3.64. The Balaban J connectivity index is 1.50. The van der Waals surface area contributed by atoms with E-state index in [0.29, 0.717) is 18.6 Å². The molecule has 1 heterocycles. The molecule has 1 aliphatic heterocycles. The second kappa shape index (κ2) is 4.35. The van der Waals surface area contributed by atoms with Crippen LogP contribution in [0.25, 0.3) is 0 Å². The molecule has 0 bridgehead atoms. The lowest BCUT2D eigenvalue weighted by atomic mass is 9.57. The van der Waals surface area contributed by atoms with Crippen molar-refractivity contribution in [2.75, 3.05) is 19.8 Å². The number of aliphatic hydroxyl groups excluding tert-OH is 1. The first-order chi connectivity index (χ1) is 8.98. The molecule has 2 amide bonds. The highest BCUT2D eigenvalue weighted by Gasteiger charge is 2.59.